The minimum absolute atomic E-state index is 0.00684. The molecule has 4 aromatic rings. The molecule has 4 aromatic carbocycles. The number of carbonyl (C=O) groups is 2. The van der Waals surface area contributed by atoms with Crippen LogP contribution in [0.2, 0.25) is 10.0 Å². The Labute approximate surface area is 274 Å². The molecule has 0 aliphatic heterocycles. The summed E-state index contributed by atoms with van der Waals surface area (Å²) in [5.74, 6) is -0.784. The van der Waals surface area contributed by atoms with Crippen LogP contribution in [-0.2, 0) is 32.6 Å². The predicted octanol–water partition coefficient (Wildman–Crippen LogP) is 6.89. The van der Waals surface area contributed by atoms with Crippen LogP contribution in [0.5, 0.6) is 0 Å². The first kappa shape index (κ1) is 32.5. The van der Waals surface area contributed by atoms with Gasteiger partial charge in [0.25, 0.3) is 10.0 Å². The van der Waals surface area contributed by atoms with E-state index in [0.29, 0.717) is 15.7 Å². The largest absolute Gasteiger partial charge is 0.352 e. The molecule has 1 saturated carbocycles. The topological polar surface area (TPSA) is 86.8 Å². The summed E-state index contributed by atoms with van der Waals surface area (Å²) in [5, 5.41) is 4.11. The molecule has 0 saturated heterocycles. The van der Waals surface area contributed by atoms with Crippen LogP contribution in [-0.4, -0.2) is 43.8 Å². The van der Waals surface area contributed by atoms with Gasteiger partial charge in [-0.05, 0) is 72.5 Å². The average molecular weight is 665 g/mol. The Hall–Kier alpha value is -3.85. The molecule has 1 aliphatic carbocycles. The molecule has 2 amide bonds. The van der Waals surface area contributed by atoms with Crippen LogP contribution >= 0.6 is 23.2 Å². The summed E-state index contributed by atoms with van der Waals surface area (Å²) in [4.78, 5) is 30.0. The zero-order valence-corrected chi connectivity index (χ0v) is 27.0. The highest BCUT2D eigenvalue weighted by molar-refractivity contribution is 7.92. The van der Waals surface area contributed by atoms with Crippen LogP contribution in [0.1, 0.15) is 36.8 Å². The summed E-state index contributed by atoms with van der Waals surface area (Å²) in [6, 6.07) is 30.0. The maximum absolute atomic E-state index is 14.5. The van der Waals surface area contributed by atoms with E-state index in [1.807, 2.05) is 30.3 Å². The number of halogens is 2. The number of hydrogen-bond donors (Lipinski definition) is 1. The van der Waals surface area contributed by atoms with Gasteiger partial charge in [-0.3, -0.25) is 13.9 Å². The Balaban J connectivity index is 1.54. The standard InChI is InChI=1S/C35H35Cl2N3O4S/c36-28-17-15-27(16-18-28)24-39(33(23-26-9-3-1-4-10-26)35(42)38-30-11-7-8-12-30)34(41)25-40(31-13-5-2-6-14-31)45(43,44)32-21-19-29(37)20-22-32/h1-6,9-10,13-22,30,33H,7-8,11-12,23-25H2,(H,38,42). The molecule has 1 N–H and O–H groups in total. The van der Waals surface area contributed by atoms with Crippen molar-refractivity contribution >= 4 is 50.7 Å². The Morgan fingerprint density at radius 1 is 0.756 bits per heavy atom. The molecule has 0 aromatic heterocycles. The van der Waals surface area contributed by atoms with Gasteiger partial charge >= 0.3 is 0 Å². The van der Waals surface area contributed by atoms with Crippen molar-refractivity contribution in [3.05, 3.63) is 130 Å². The first-order valence-corrected chi connectivity index (χ1v) is 17.1. The van der Waals surface area contributed by atoms with Crippen molar-refractivity contribution in [2.75, 3.05) is 10.8 Å². The molecule has 0 bridgehead atoms. The molecule has 45 heavy (non-hydrogen) atoms. The number of benzene rings is 4. The summed E-state index contributed by atoms with van der Waals surface area (Å²) in [5.41, 5.74) is 1.96. The number of nitrogens with zero attached hydrogens (tertiary/aromatic N) is 2. The van der Waals surface area contributed by atoms with E-state index in [0.717, 1.165) is 41.1 Å². The van der Waals surface area contributed by atoms with Gasteiger partial charge in [0.15, 0.2) is 0 Å². The van der Waals surface area contributed by atoms with Gasteiger partial charge in [0.1, 0.15) is 12.6 Å². The number of para-hydroxylation sites is 1. The molecular formula is C35H35Cl2N3O4S. The molecule has 1 atom stereocenters. The Kier molecular flexibility index (Phi) is 10.8. The number of carbonyl (C=O) groups excluding carboxylic acids is 2. The molecule has 234 valence electrons. The molecule has 0 spiro atoms. The zero-order chi connectivity index (χ0) is 31.8. The summed E-state index contributed by atoms with van der Waals surface area (Å²) in [7, 11) is -4.19. The van der Waals surface area contributed by atoms with E-state index < -0.39 is 28.5 Å². The third-order valence-corrected chi connectivity index (χ3v) is 10.3. The summed E-state index contributed by atoms with van der Waals surface area (Å²) in [6.07, 6.45) is 4.10. The van der Waals surface area contributed by atoms with E-state index in [1.54, 1.807) is 54.6 Å². The summed E-state index contributed by atoms with van der Waals surface area (Å²) >= 11 is 12.2. The second-order valence-corrected chi connectivity index (χ2v) is 13.9. The number of nitrogens with one attached hydrogen (secondary N) is 1. The van der Waals surface area contributed by atoms with E-state index >= 15 is 0 Å². The fraction of sp³-hybridized carbons (Fsp3) is 0.257. The molecule has 0 radical (unpaired) electrons. The van der Waals surface area contributed by atoms with E-state index in [4.69, 9.17) is 23.2 Å². The minimum atomic E-state index is -4.19. The van der Waals surface area contributed by atoms with Gasteiger partial charge in [-0.1, -0.05) is 96.7 Å². The normalized spacial score (nSPS) is 14.1. The zero-order valence-electron chi connectivity index (χ0n) is 24.7. The number of sulfonamides is 1. The van der Waals surface area contributed by atoms with E-state index in [2.05, 4.69) is 5.32 Å². The van der Waals surface area contributed by atoms with Gasteiger partial charge in [-0.2, -0.15) is 0 Å². The minimum Gasteiger partial charge on any atom is -0.352 e. The van der Waals surface area contributed by atoms with Crippen LogP contribution in [0.3, 0.4) is 0 Å². The Morgan fingerprint density at radius 2 is 1.31 bits per heavy atom. The van der Waals surface area contributed by atoms with Crippen molar-refractivity contribution in [2.45, 2.75) is 55.6 Å². The van der Waals surface area contributed by atoms with E-state index in [9.17, 15) is 18.0 Å². The SMILES string of the molecule is O=C(NC1CCCC1)C(Cc1ccccc1)N(Cc1ccc(Cl)cc1)C(=O)CN(c1ccccc1)S(=O)(=O)c1ccc(Cl)cc1. The van der Waals surface area contributed by atoms with Crippen LogP contribution < -0.4 is 9.62 Å². The lowest BCUT2D eigenvalue weighted by atomic mass is 10.0. The summed E-state index contributed by atoms with van der Waals surface area (Å²) in [6.45, 7) is -0.445. The molecule has 1 fully saturated rings. The molecule has 10 heteroatoms. The van der Waals surface area contributed by atoms with Crippen LogP contribution in [0.4, 0.5) is 5.69 Å². The highest BCUT2D eigenvalue weighted by Crippen LogP contribution is 2.26. The molecule has 1 aliphatic rings. The third kappa shape index (κ3) is 8.45. The highest BCUT2D eigenvalue weighted by atomic mass is 35.5. The Morgan fingerprint density at radius 3 is 1.91 bits per heavy atom. The lowest BCUT2D eigenvalue weighted by molar-refractivity contribution is -0.140. The molecule has 0 heterocycles. The van der Waals surface area contributed by atoms with Crippen LogP contribution in [0, 0.1) is 0 Å². The number of anilines is 1. The monoisotopic (exact) mass is 663 g/mol. The summed E-state index contributed by atoms with van der Waals surface area (Å²) < 4.78 is 29.2. The smallest absolute Gasteiger partial charge is 0.264 e. The van der Waals surface area contributed by atoms with Crippen LogP contribution in [0.15, 0.2) is 114 Å². The number of amides is 2. The van der Waals surface area contributed by atoms with Gasteiger partial charge < -0.3 is 10.2 Å². The van der Waals surface area contributed by atoms with Crippen molar-refractivity contribution in [3.63, 3.8) is 0 Å². The maximum Gasteiger partial charge on any atom is 0.264 e. The average Bonchev–Trinajstić information content (AvgIpc) is 3.56. The van der Waals surface area contributed by atoms with E-state index in [1.165, 1.54) is 29.2 Å². The van der Waals surface area contributed by atoms with Gasteiger partial charge in [-0.15, -0.1) is 0 Å². The second kappa shape index (κ2) is 15.0. The fourth-order valence-corrected chi connectivity index (χ4v) is 7.23. The molecule has 5 rings (SSSR count). The van der Waals surface area contributed by atoms with Crippen molar-refractivity contribution in [3.8, 4) is 0 Å². The lowest BCUT2D eigenvalue weighted by Crippen LogP contribution is -2.54. The second-order valence-electron chi connectivity index (χ2n) is 11.1. The van der Waals surface area contributed by atoms with E-state index in [-0.39, 0.29) is 29.8 Å². The first-order valence-electron chi connectivity index (χ1n) is 14.9. The van der Waals surface area contributed by atoms with Gasteiger partial charge in [0.05, 0.1) is 10.6 Å². The predicted molar refractivity (Wildman–Crippen MR) is 179 cm³/mol. The quantitative estimate of drug-likeness (QED) is 0.179. The van der Waals surface area contributed by atoms with Gasteiger partial charge in [0, 0.05) is 29.1 Å². The van der Waals surface area contributed by atoms with Crippen molar-refractivity contribution in [1.29, 1.82) is 0 Å². The van der Waals surface area contributed by atoms with Crippen molar-refractivity contribution in [2.24, 2.45) is 0 Å². The molecule has 1 unspecified atom stereocenters. The highest BCUT2D eigenvalue weighted by Gasteiger charge is 2.35. The fourth-order valence-electron chi connectivity index (χ4n) is 5.56. The van der Waals surface area contributed by atoms with Gasteiger partial charge in [-0.25, -0.2) is 8.42 Å². The third-order valence-electron chi connectivity index (χ3n) is 7.96. The van der Waals surface area contributed by atoms with Crippen molar-refractivity contribution in [1.82, 2.24) is 10.2 Å². The molecule has 7 nitrogen and oxygen atoms in total. The number of rotatable bonds is 12. The number of hydrogen-bond acceptors (Lipinski definition) is 4. The molecular weight excluding hydrogens is 629 g/mol. The van der Waals surface area contributed by atoms with Crippen molar-refractivity contribution < 1.29 is 18.0 Å². The van der Waals surface area contributed by atoms with Gasteiger partial charge in [0.2, 0.25) is 11.8 Å². The first-order chi connectivity index (χ1) is 21.7. The Bertz CT molecular complexity index is 1680. The van der Waals surface area contributed by atoms with Crippen LogP contribution in [0.25, 0.3) is 0 Å². The maximum atomic E-state index is 14.5. The lowest BCUT2D eigenvalue weighted by Gasteiger charge is -2.34.